The molecule has 0 spiro atoms. The maximum Gasteiger partial charge on any atom is 0.250 e. The fraction of sp³-hybridized carbons (Fsp3) is 0.385. The summed E-state index contributed by atoms with van der Waals surface area (Å²) in [5.74, 6) is 0. The van der Waals surface area contributed by atoms with Crippen LogP contribution < -0.4 is 11.3 Å². The molecule has 2 aromatic heterocycles. The maximum atomic E-state index is 11.5. The number of rotatable bonds is 6. The van der Waals surface area contributed by atoms with E-state index in [1.807, 2.05) is 12.3 Å². The van der Waals surface area contributed by atoms with Crippen LogP contribution in [0.25, 0.3) is 0 Å². The second-order valence-electron chi connectivity index (χ2n) is 4.11. The first-order valence-corrected chi connectivity index (χ1v) is 6.96. The molecular weight excluding hydrogens is 246 g/mol. The molecule has 96 valence electrons. The van der Waals surface area contributed by atoms with Crippen LogP contribution in [-0.2, 0) is 19.4 Å². The Bertz CT molecular complexity index is 547. The van der Waals surface area contributed by atoms with Gasteiger partial charge in [-0.25, -0.2) is 4.98 Å². The van der Waals surface area contributed by atoms with Gasteiger partial charge >= 0.3 is 0 Å². The van der Waals surface area contributed by atoms with Crippen LogP contribution in [0.4, 0.5) is 0 Å². The van der Waals surface area contributed by atoms with Crippen LogP contribution in [0.2, 0.25) is 0 Å². The van der Waals surface area contributed by atoms with Crippen LogP contribution in [0, 0.1) is 0 Å². The SMILES string of the molecule is NCCCc1csc(CCn2ccccc2=O)n1. The van der Waals surface area contributed by atoms with Gasteiger partial charge in [0.2, 0.25) is 0 Å². The van der Waals surface area contributed by atoms with Crippen LogP contribution >= 0.6 is 11.3 Å². The fourth-order valence-corrected chi connectivity index (χ4v) is 2.54. The van der Waals surface area contributed by atoms with Gasteiger partial charge in [0.15, 0.2) is 0 Å². The Kier molecular flexibility index (Phi) is 4.66. The molecule has 0 saturated carbocycles. The summed E-state index contributed by atoms with van der Waals surface area (Å²) < 4.78 is 1.71. The Morgan fingerprint density at radius 3 is 3.00 bits per heavy atom. The van der Waals surface area contributed by atoms with E-state index in [-0.39, 0.29) is 5.56 Å². The molecule has 0 bridgehead atoms. The van der Waals surface area contributed by atoms with Gasteiger partial charge in [-0.1, -0.05) is 6.07 Å². The topological polar surface area (TPSA) is 60.9 Å². The van der Waals surface area contributed by atoms with Crippen LogP contribution in [-0.4, -0.2) is 16.1 Å². The molecule has 0 atom stereocenters. The predicted octanol–water partition coefficient (Wildman–Crippen LogP) is 1.44. The van der Waals surface area contributed by atoms with Gasteiger partial charge in [0, 0.05) is 30.6 Å². The lowest BCUT2D eigenvalue weighted by Crippen LogP contribution is -2.18. The normalized spacial score (nSPS) is 10.7. The first-order valence-electron chi connectivity index (χ1n) is 6.08. The Labute approximate surface area is 110 Å². The van der Waals surface area contributed by atoms with Gasteiger partial charge in [-0.15, -0.1) is 11.3 Å². The molecule has 0 aliphatic carbocycles. The largest absolute Gasteiger partial charge is 0.330 e. The molecule has 0 aliphatic heterocycles. The summed E-state index contributed by atoms with van der Waals surface area (Å²) in [4.78, 5) is 16.1. The maximum absolute atomic E-state index is 11.5. The summed E-state index contributed by atoms with van der Waals surface area (Å²) >= 11 is 1.66. The van der Waals surface area contributed by atoms with Gasteiger partial charge in [0.05, 0.1) is 10.7 Å². The molecule has 18 heavy (non-hydrogen) atoms. The summed E-state index contributed by atoms with van der Waals surface area (Å²) in [5, 5.41) is 3.16. The minimum Gasteiger partial charge on any atom is -0.330 e. The van der Waals surface area contributed by atoms with Crippen molar-refractivity contribution in [2.24, 2.45) is 5.73 Å². The van der Waals surface area contributed by atoms with Crippen molar-refractivity contribution in [3.8, 4) is 0 Å². The first kappa shape index (κ1) is 13.0. The fourth-order valence-electron chi connectivity index (χ4n) is 1.72. The molecule has 0 amide bonds. The number of nitrogens with zero attached hydrogens (tertiary/aromatic N) is 2. The van der Waals surface area contributed by atoms with Crippen molar-refractivity contribution < 1.29 is 0 Å². The monoisotopic (exact) mass is 263 g/mol. The third kappa shape index (κ3) is 3.51. The van der Waals surface area contributed by atoms with Gasteiger partial charge in [0.1, 0.15) is 0 Å². The van der Waals surface area contributed by atoms with E-state index in [1.54, 1.807) is 28.0 Å². The summed E-state index contributed by atoms with van der Waals surface area (Å²) in [6.45, 7) is 1.38. The summed E-state index contributed by atoms with van der Waals surface area (Å²) in [5.41, 5.74) is 6.62. The zero-order chi connectivity index (χ0) is 12.8. The van der Waals surface area contributed by atoms with Gasteiger partial charge in [0.25, 0.3) is 5.56 Å². The number of aryl methyl sites for hydroxylation is 3. The van der Waals surface area contributed by atoms with Gasteiger partial charge < -0.3 is 10.3 Å². The molecule has 2 N–H and O–H groups in total. The molecule has 2 heterocycles. The van der Waals surface area contributed by atoms with Crippen molar-refractivity contribution in [1.82, 2.24) is 9.55 Å². The average Bonchev–Trinajstić information content (AvgIpc) is 2.83. The quantitative estimate of drug-likeness (QED) is 0.858. The van der Waals surface area contributed by atoms with Crippen LogP contribution in [0.15, 0.2) is 34.6 Å². The molecule has 0 aliphatic rings. The highest BCUT2D eigenvalue weighted by Gasteiger charge is 2.02. The Morgan fingerprint density at radius 2 is 2.22 bits per heavy atom. The molecule has 0 unspecified atom stereocenters. The number of thiazole rings is 1. The summed E-state index contributed by atoms with van der Waals surface area (Å²) in [6.07, 6.45) is 4.53. The molecular formula is C13H17N3OS. The van der Waals surface area contributed by atoms with Crippen LogP contribution in [0.5, 0.6) is 0 Å². The predicted molar refractivity (Wildman–Crippen MR) is 73.9 cm³/mol. The number of aromatic nitrogens is 2. The van der Waals surface area contributed by atoms with Crippen molar-refractivity contribution in [2.45, 2.75) is 25.8 Å². The van der Waals surface area contributed by atoms with E-state index in [9.17, 15) is 4.79 Å². The van der Waals surface area contributed by atoms with E-state index in [4.69, 9.17) is 5.73 Å². The standard InChI is InChI=1S/C13H17N3OS/c14-7-3-4-11-10-18-12(15-11)6-9-16-8-2-1-5-13(16)17/h1-2,5,8,10H,3-4,6-7,9,14H2. The third-order valence-electron chi connectivity index (χ3n) is 2.70. The summed E-state index contributed by atoms with van der Waals surface area (Å²) in [6, 6.07) is 5.21. The average molecular weight is 263 g/mol. The van der Waals surface area contributed by atoms with Crippen molar-refractivity contribution in [3.63, 3.8) is 0 Å². The van der Waals surface area contributed by atoms with E-state index >= 15 is 0 Å². The van der Waals surface area contributed by atoms with E-state index < -0.39 is 0 Å². The molecule has 2 aromatic rings. The van der Waals surface area contributed by atoms with Gasteiger partial charge in [-0.3, -0.25) is 4.79 Å². The molecule has 0 fully saturated rings. The molecule has 0 radical (unpaired) electrons. The number of hydrogen-bond donors (Lipinski definition) is 1. The summed E-state index contributed by atoms with van der Waals surface area (Å²) in [7, 11) is 0. The second kappa shape index (κ2) is 6.47. The highest BCUT2D eigenvalue weighted by Crippen LogP contribution is 2.12. The van der Waals surface area contributed by atoms with Gasteiger partial charge in [-0.2, -0.15) is 0 Å². The lowest BCUT2D eigenvalue weighted by Gasteiger charge is -2.02. The van der Waals surface area contributed by atoms with E-state index in [1.165, 1.54) is 0 Å². The minimum atomic E-state index is 0.0393. The lowest BCUT2D eigenvalue weighted by molar-refractivity contribution is 0.665. The van der Waals surface area contributed by atoms with E-state index in [0.717, 1.165) is 30.0 Å². The Balaban J connectivity index is 1.92. The van der Waals surface area contributed by atoms with E-state index in [0.29, 0.717) is 13.1 Å². The lowest BCUT2D eigenvalue weighted by atomic mass is 10.2. The van der Waals surface area contributed by atoms with Crippen molar-refractivity contribution in [3.05, 3.63) is 50.8 Å². The number of hydrogen-bond acceptors (Lipinski definition) is 4. The highest BCUT2D eigenvalue weighted by atomic mass is 32.1. The second-order valence-corrected chi connectivity index (χ2v) is 5.05. The van der Waals surface area contributed by atoms with Crippen LogP contribution in [0.1, 0.15) is 17.1 Å². The first-order chi connectivity index (χ1) is 8.79. The zero-order valence-electron chi connectivity index (χ0n) is 10.2. The van der Waals surface area contributed by atoms with E-state index in [2.05, 4.69) is 10.4 Å². The van der Waals surface area contributed by atoms with Gasteiger partial charge in [-0.05, 0) is 25.5 Å². The number of nitrogens with two attached hydrogens (primary N) is 1. The smallest absolute Gasteiger partial charge is 0.250 e. The number of pyridine rings is 1. The Hall–Kier alpha value is -1.46. The molecule has 4 nitrogen and oxygen atoms in total. The van der Waals surface area contributed by atoms with Crippen molar-refractivity contribution in [1.29, 1.82) is 0 Å². The van der Waals surface area contributed by atoms with Crippen molar-refractivity contribution in [2.75, 3.05) is 6.54 Å². The zero-order valence-corrected chi connectivity index (χ0v) is 11.0. The molecule has 5 heteroatoms. The molecule has 0 saturated heterocycles. The van der Waals surface area contributed by atoms with Crippen LogP contribution in [0.3, 0.4) is 0 Å². The Morgan fingerprint density at radius 1 is 1.33 bits per heavy atom. The minimum absolute atomic E-state index is 0.0393. The van der Waals surface area contributed by atoms with Crippen molar-refractivity contribution >= 4 is 11.3 Å². The highest BCUT2D eigenvalue weighted by molar-refractivity contribution is 7.09. The molecule has 2 rings (SSSR count). The third-order valence-corrected chi connectivity index (χ3v) is 3.66. The molecule has 0 aromatic carbocycles.